The summed E-state index contributed by atoms with van der Waals surface area (Å²) in [7, 11) is 0. The van der Waals surface area contributed by atoms with Crippen LogP contribution in [0, 0.1) is 13.8 Å². The third-order valence-corrected chi connectivity index (χ3v) is 4.71. The fraction of sp³-hybridized carbons (Fsp3) is 0.273. The van der Waals surface area contributed by atoms with Crippen molar-refractivity contribution in [3.63, 3.8) is 0 Å². The molecule has 0 saturated carbocycles. The first-order chi connectivity index (χ1) is 13.1. The number of carbonyl (C=O) groups is 1. The third-order valence-electron chi connectivity index (χ3n) is 4.71. The molecule has 0 bridgehead atoms. The largest absolute Gasteiger partial charge is 0.480 e. The van der Waals surface area contributed by atoms with Crippen LogP contribution in [0.2, 0.25) is 0 Å². The number of ether oxygens (including phenoxy) is 1. The number of hydrogen-bond donors (Lipinski definition) is 1. The van der Waals surface area contributed by atoms with Crippen molar-refractivity contribution in [1.82, 2.24) is 14.9 Å². The summed E-state index contributed by atoms with van der Waals surface area (Å²) in [6, 6.07) is 13.8. The molecule has 0 unspecified atom stereocenters. The average molecular weight is 363 g/mol. The number of carbonyl (C=O) groups excluding carboxylic acids is 1. The molecule has 0 fully saturated rings. The maximum Gasteiger partial charge on any atom is 0.261 e. The maximum atomic E-state index is 12.7. The van der Waals surface area contributed by atoms with Gasteiger partial charge in [-0.05, 0) is 49.1 Å². The van der Waals surface area contributed by atoms with Crippen molar-refractivity contribution < 1.29 is 9.53 Å². The van der Waals surface area contributed by atoms with E-state index in [4.69, 9.17) is 4.74 Å². The lowest BCUT2D eigenvalue weighted by molar-refractivity contribution is -0.128. The molecule has 1 heterocycles. The van der Waals surface area contributed by atoms with Crippen molar-refractivity contribution in [2.24, 2.45) is 0 Å². The molecule has 5 heteroatoms. The predicted octanol–water partition coefficient (Wildman–Crippen LogP) is 3.96. The first-order valence-electron chi connectivity index (χ1n) is 9.17. The number of aromatic nitrogens is 2. The topological polar surface area (TPSA) is 56.1 Å². The summed E-state index contributed by atoms with van der Waals surface area (Å²) in [4.78, 5) is 16.8. The van der Waals surface area contributed by atoms with Crippen LogP contribution in [0.1, 0.15) is 30.0 Å². The molecule has 1 aromatic heterocycles. The lowest BCUT2D eigenvalue weighted by Gasteiger charge is -2.20. The van der Waals surface area contributed by atoms with Crippen LogP contribution in [0.15, 0.2) is 61.2 Å². The van der Waals surface area contributed by atoms with Crippen molar-refractivity contribution in [3.8, 4) is 11.4 Å². The minimum Gasteiger partial charge on any atom is -0.480 e. The Labute approximate surface area is 160 Å². The summed E-state index contributed by atoms with van der Waals surface area (Å²) < 4.78 is 7.94. The molecule has 1 amide bonds. The van der Waals surface area contributed by atoms with E-state index in [9.17, 15) is 4.79 Å². The van der Waals surface area contributed by atoms with Crippen LogP contribution in [0.3, 0.4) is 0 Å². The number of imidazole rings is 1. The molecule has 1 atom stereocenters. The monoisotopic (exact) mass is 363 g/mol. The van der Waals surface area contributed by atoms with Crippen LogP contribution < -0.4 is 10.1 Å². The van der Waals surface area contributed by atoms with Crippen molar-refractivity contribution >= 4 is 5.91 Å². The van der Waals surface area contributed by atoms with Crippen LogP contribution in [0.4, 0.5) is 0 Å². The van der Waals surface area contributed by atoms with E-state index < -0.39 is 6.10 Å². The highest BCUT2D eigenvalue weighted by molar-refractivity contribution is 5.81. The molecule has 0 spiro atoms. The Kier molecular flexibility index (Phi) is 5.91. The summed E-state index contributed by atoms with van der Waals surface area (Å²) in [6.07, 6.45) is 5.45. The average Bonchev–Trinajstić information content (AvgIpc) is 3.22. The minimum atomic E-state index is -0.522. The summed E-state index contributed by atoms with van der Waals surface area (Å²) in [5, 5.41) is 3.01. The van der Waals surface area contributed by atoms with Crippen LogP contribution in [-0.2, 0) is 11.3 Å². The Bertz CT molecular complexity index is 904. The molecule has 3 rings (SSSR count). The van der Waals surface area contributed by atoms with Gasteiger partial charge < -0.3 is 14.6 Å². The zero-order valence-corrected chi connectivity index (χ0v) is 16.0. The van der Waals surface area contributed by atoms with Crippen molar-refractivity contribution in [2.45, 2.75) is 39.8 Å². The van der Waals surface area contributed by atoms with E-state index in [1.807, 2.05) is 74.0 Å². The second-order valence-electron chi connectivity index (χ2n) is 6.53. The normalized spacial score (nSPS) is 11.8. The van der Waals surface area contributed by atoms with Gasteiger partial charge in [-0.3, -0.25) is 4.79 Å². The smallest absolute Gasteiger partial charge is 0.261 e. The number of nitrogens with one attached hydrogen (secondary N) is 1. The van der Waals surface area contributed by atoms with Gasteiger partial charge in [0, 0.05) is 18.9 Å². The van der Waals surface area contributed by atoms with Crippen molar-refractivity contribution in [1.29, 1.82) is 0 Å². The Balaban J connectivity index is 1.69. The number of benzene rings is 2. The first kappa shape index (κ1) is 18.7. The van der Waals surface area contributed by atoms with E-state index in [0.717, 1.165) is 28.1 Å². The molecule has 3 aromatic rings. The van der Waals surface area contributed by atoms with Gasteiger partial charge in [0.2, 0.25) is 0 Å². The molecule has 27 heavy (non-hydrogen) atoms. The van der Waals surface area contributed by atoms with Crippen LogP contribution in [0.25, 0.3) is 5.69 Å². The van der Waals surface area contributed by atoms with Gasteiger partial charge in [0.05, 0.1) is 12.0 Å². The summed E-state index contributed by atoms with van der Waals surface area (Å²) in [5.74, 6) is 0.648. The zero-order chi connectivity index (χ0) is 19.2. The molecule has 0 saturated heterocycles. The van der Waals surface area contributed by atoms with E-state index in [1.54, 1.807) is 12.5 Å². The van der Waals surface area contributed by atoms with Crippen LogP contribution in [0.5, 0.6) is 5.75 Å². The van der Waals surface area contributed by atoms with Gasteiger partial charge in [-0.2, -0.15) is 0 Å². The number of aryl methyl sites for hydroxylation is 1. The van der Waals surface area contributed by atoms with E-state index in [1.165, 1.54) is 0 Å². The van der Waals surface area contributed by atoms with E-state index in [2.05, 4.69) is 10.3 Å². The minimum absolute atomic E-state index is 0.112. The lowest BCUT2D eigenvalue weighted by atomic mass is 10.1. The second kappa shape index (κ2) is 8.54. The molecule has 0 radical (unpaired) electrons. The van der Waals surface area contributed by atoms with Gasteiger partial charge >= 0.3 is 0 Å². The Hall–Kier alpha value is -3.08. The van der Waals surface area contributed by atoms with Gasteiger partial charge in [-0.25, -0.2) is 4.98 Å². The number of hydrogen-bond acceptors (Lipinski definition) is 3. The molecular formula is C22H25N3O2. The molecule has 140 valence electrons. The predicted molar refractivity (Wildman–Crippen MR) is 106 cm³/mol. The van der Waals surface area contributed by atoms with Gasteiger partial charge in [0.1, 0.15) is 5.75 Å². The summed E-state index contributed by atoms with van der Waals surface area (Å²) in [6.45, 7) is 6.43. The fourth-order valence-corrected chi connectivity index (χ4v) is 2.94. The van der Waals surface area contributed by atoms with Crippen molar-refractivity contribution in [3.05, 3.63) is 77.9 Å². The summed E-state index contributed by atoms with van der Waals surface area (Å²) >= 11 is 0. The standard InChI is InChI=1S/C22H25N3O2/c1-4-20(27-21-11-7-8-16(2)17(21)3)22(26)24-14-18-9-5-6-10-19(18)25-13-12-23-15-25/h5-13,15,20H,4,14H2,1-3H3,(H,24,26)/t20-/m0/s1. The SMILES string of the molecule is CC[C@H](Oc1cccc(C)c1C)C(=O)NCc1ccccc1-n1ccnc1. The Morgan fingerprint density at radius 3 is 2.74 bits per heavy atom. The highest BCUT2D eigenvalue weighted by Crippen LogP contribution is 2.22. The molecular weight excluding hydrogens is 338 g/mol. The van der Waals surface area contributed by atoms with Crippen molar-refractivity contribution in [2.75, 3.05) is 0 Å². The Morgan fingerprint density at radius 1 is 1.19 bits per heavy atom. The number of nitrogens with zero attached hydrogens (tertiary/aromatic N) is 2. The molecule has 0 aliphatic rings. The van der Waals surface area contributed by atoms with E-state index in [0.29, 0.717) is 13.0 Å². The number of rotatable bonds is 7. The highest BCUT2D eigenvalue weighted by Gasteiger charge is 2.19. The van der Waals surface area contributed by atoms with E-state index >= 15 is 0 Å². The first-order valence-corrected chi connectivity index (χ1v) is 9.17. The van der Waals surface area contributed by atoms with Gasteiger partial charge in [-0.1, -0.05) is 37.3 Å². The van der Waals surface area contributed by atoms with Crippen LogP contribution >= 0.6 is 0 Å². The molecule has 0 aliphatic heterocycles. The second-order valence-corrected chi connectivity index (χ2v) is 6.53. The zero-order valence-electron chi connectivity index (χ0n) is 16.0. The quantitative estimate of drug-likeness (QED) is 0.691. The molecule has 2 aromatic carbocycles. The maximum absolute atomic E-state index is 12.7. The van der Waals surface area contributed by atoms with E-state index in [-0.39, 0.29) is 5.91 Å². The summed E-state index contributed by atoms with van der Waals surface area (Å²) in [5.41, 5.74) is 4.23. The number of para-hydroxylation sites is 1. The van der Waals surface area contributed by atoms with Gasteiger partial charge in [0.15, 0.2) is 6.10 Å². The van der Waals surface area contributed by atoms with Crippen LogP contribution in [-0.4, -0.2) is 21.6 Å². The molecule has 0 aliphatic carbocycles. The van der Waals surface area contributed by atoms with Gasteiger partial charge in [-0.15, -0.1) is 0 Å². The molecule has 5 nitrogen and oxygen atoms in total. The lowest BCUT2D eigenvalue weighted by Crippen LogP contribution is -2.37. The van der Waals surface area contributed by atoms with Gasteiger partial charge in [0.25, 0.3) is 5.91 Å². The Morgan fingerprint density at radius 2 is 2.00 bits per heavy atom. The highest BCUT2D eigenvalue weighted by atomic mass is 16.5. The molecule has 1 N–H and O–H groups in total. The number of amides is 1. The fourth-order valence-electron chi connectivity index (χ4n) is 2.94. The third kappa shape index (κ3) is 4.37.